The molecule has 6 aromatic rings. The number of hydrogen-bond donors (Lipinski definition) is 0. The fraction of sp³-hybridized carbons (Fsp3) is 0.0345. The van der Waals surface area contributed by atoms with E-state index in [0.717, 1.165) is 44.0 Å². The lowest BCUT2D eigenvalue weighted by atomic mass is 10.2. The number of hydrogen-bond acceptors (Lipinski definition) is 4. The van der Waals surface area contributed by atoms with E-state index in [4.69, 9.17) is 0 Å². The molecular weight excluding hydrogens is 464 g/mol. The van der Waals surface area contributed by atoms with E-state index < -0.39 is 0 Å². The van der Waals surface area contributed by atoms with Gasteiger partial charge in [-0.1, -0.05) is 52.7 Å². The number of aromatic nitrogens is 4. The number of pyridine rings is 1. The highest BCUT2D eigenvalue weighted by Gasteiger charge is 2.34. The van der Waals surface area contributed by atoms with Crippen molar-refractivity contribution >= 4 is 56.9 Å². The Morgan fingerprint density at radius 3 is 2.39 bits per heavy atom. The zero-order valence-electron chi connectivity index (χ0n) is 19.4. The molecule has 6 nitrogen and oxygen atoms in total. The van der Waals surface area contributed by atoms with Gasteiger partial charge < -0.3 is 0 Å². The molecular formula is C29H20N6S+2. The van der Waals surface area contributed by atoms with Gasteiger partial charge in [-0.25, -0.2) is 4.98 Å². The zero-order valence-corrected chi connectivity index (χ0v) is 20.2. The van der Waals surface area contributed by atoms with Crippen LogP contribution in [0.2, 0.25) is 0 Å². The van der Waals surface area contributed by atoms with Crippen LogP contribution in [0.15, 0.2) is 113 Å². The molecule has 0 atom stereocenters. The Labute approximate surface area is 211 Å². The Balaban J connectivity index is 1.31. The Kier molecular flexibility index (Phi) is 4.77. The molecule has 3 aromatic carbocycles. The summed E-state index contributed by atoms with van der Waals surface area (Å²) in [6, 6.07) is 32.9. The minimum atomic E-state index is 0.781. The Morgan fingerprint density at radius 2 is 1.50 bits per heavy atom. The SMILES string of the molecule is C[N+]1=C=[N+](c2cccc(Sc3ccc4c5ccccc5n(-c5ccccn5)c4c3)c2)c2nccnc21. The predicted molar refractivity (Wildman–Crippen MR) is 143 cm³/mol. The minimum Gasteiger partial charge on any atom is -0.294 e. The van der Waals surface area contributed by atoms with Crippen LogP contribution in [0.1, 0.15) is 0 Å². The summed E-state index contributed by atoms with van der Waals surface area (Å²) >= 11 is 1.73. The minimum absolute atomic E-state index is 0.781. The van der Waals surface area contributed by atoms with E-state index >= 15 is 0 Å². The summed E-state index contributed by atoms with van der Waals surface area (Å²) in [5.74, 6) is 2.49. The van der Waals surface area contributed by atoms with Crippen LogP contribution in [0.5, 0.6) is 0 Å². The second-order valence-corrected chi connectivity index (χ2v) is 9.66. The van der Waals surface area contributed by atoms with E-state index in [1.54, 1.807) is 24.2 Å². The van der Waals surface area contributed by atoms with Gasteiger partial charge in [-0.15, -0.1) is 4.58 Å². The normalized spacial score (nSPS) is 12.6. The fourth-order valence-corrected chi connectivity index (χ4v) is 5.62. The molecule has 0 unspecified atom stereocenters. The standard InChI is InChI=1S/C29H20N6S/c1-33-19-34(29-28(33)31-15-16-32-29)20-7-6-8-21(17-20)36-22-12-13-24-23-9-2-3-10-25(23)35(26(24)18-22)27-11-4-5-14-30-27/h2-18H,1H3/q+2. The third-order valence-electron chi connectivity index (χ3n) is 6.27. The smallest absolute Gasteiger partial charge is 0.294 e. The number of nitrogens with zero attached hydrogens (tertiary/aromatic N) is 6. The summed E-state index contributed by atoms with van der Waals surface area (Å²) < 4.78 is 6.06. The van der Waals surface area contributed by atoms with Crippen molar-refractivity contribution in [1.29, 1.82) is 0 Å². The summed E-state index contributed by atoms with van der Waals surface area (Å²) in [7, 11) is 1.93. The third kappa shape index (κ3) is 3.33. The molecule has 7 heteroatoms. The summed E-state index contributed by atoms with van der Waals surface area (Å²) in [5.41, 5.74) is 3.29. The largest absolute Gasteiger partial charge is 0.474 e. The van der Waals surface area contributed by atoms with E-state index in [2.05, 4.69) is 98.3 Å². The molecule has 0 spiro atoms. The van der Waals surface area contributed by atoms with Crippen molar-refractivity contribution in [2.45, 2.75) is 9.79 Å². The molecule has 0 N–H and O–H groups in total. The molecule has 4 heterocycles. The lowest BCUT2D eigenvalue weighted by Crippen LogP contribution is -2.01. The summed E-state index contributed by atoms with van der Waals surface area (Å²) in [6.07, 6.45) is 5.25. The van der Waals surface area contributed by atoms with Crippen molar-refractivity contribution in [3.8, 4) is 5.82 Å². The molecule has 0 saturated carbocycles. The third-order valence-corrected chi connectivity index (χ3v) is 7.25. The molecule has 0 bridgehead atoms. The first kappa shape index (κ1) is 20.8. The van der Waals surface area contributed by atoms with Crippen LogP contribution in [-0.2, 0) is 0 Å². The fourth-order valence-electron chi connectivity index (χ4n) is 4.71. The van der Waals surface area contributed by atoms with E-state index in [0.29, 0.717) is 0 Å². The number of fused-ring (bicyclic) bond motifs is 4. The molecule has 7 rings (SSSR count). The van der Waals surface area contributed by atoms with Crippen molar-refractivity contribution in [3.05, 3.63) is 104 Å². The molecule has 170 valence electrons. The topological polar surface area (TPSA) is 49.6 Å². The number of rotatable bonds is 4. The second-order valence-electron chi connectivity index (χ2n) is 8.52. The summed E-state index contributed by atoms with van der Waals surface area (Å²) in [4.78, 5) is 15.9. The van der Waals surface area contributed by atoms with E-state index in [9.17, 15) is 0 Å². The van der Waals surface area contributed by atoms with Crippen LogP contribution in [0.25, 0.3) is 27.6 Å². The Bertz CT molecular complexity index is 1870. The lowest BCUT2D eigenvalue weighted by molar-refractivity contribution is -0.398. The van der Waals surface area contributed by atoms with Gasteiger partial charge in [0.2, 0.25) is 0 Å². The molecule has 0 amide bonds. The Morgan fingerprint density at radius 1 is 0.694 bits per heavy atom. The van der Waals surface area contributed by atoms with Crippen LogP contribution in [0.3, 0.4) is 0 Å². The van der Waals surface area contributed by atoms with Crippen LogP contribution >= 0.6 is 11.8 Å². The van der Waals surface area contributed by atoms with E-state index in [1.165, 1.54) is 10.8 Å². The molecule has 1 aliphatic rings. The first-order chi connectivity index (χ1) is 17.8. The molecule has 0 fully saturated rings. The van der Waals surface area contributed by atoms with Gasteiger partial charge >= 0.3 is 17.6 Å². The van der Waals surface area contributed by atoms with Crippen molar-refractivity contribution < 1.29 is 4.58 Å². The van der Waals surface area contributed by atoms with Gasteiger partial charge in [-0.05, 0) is 42.5 Å². The van der Waals surface area contributed by atoms with Crippen molar-refractivity contribution in [3.63, 3.8) is 0 Å². The second kappa shape index (κ2) is 8.27. The first-order valence-electron chi connectivity index (χ1n) is 11.6. The van der Waals surface area contributed by atoms with Crippen LogP contribution in [0, 0.1) is 0 Å². The highest BCUT2D eigenvalue weighted by atomic mass is 32.2. The molecule has 1 aliphatic heterocycles. The maximum absolute atomic E-state index is 4.64. The number of para-hydroxylation sites is 1. The van der Waals surface area contributed by atoms with Crippen molar-refractivity contribution in [2.75, 3.05) is 7.05 Å². The Hall–Kier alpha value is -4.58. The van der Waals surface area contributed by atoms with Gasteiger partial charge in [0.25, 0.3) is 0 Å². The average molecular weight is 485 g/mol. The first-order valence-corrected chi connectivity index (χ1v) is 12.4. The van der Waals surface area contributed by atoms with Gasteiger partial charge in [-0.2, -0.15) is 4.98 Å². The average Bonchev–Trinajstić information content (AvgIpc) is 3.44. The maximum atomic E-state index is 4.64. The van der Waals surface area contributed by atoms with Crippen molar-refractivity contribution in [1.82, 2.24) is 24.1 Å². The van der Waals surface area contributed by atoms with Crippen LogP contribution in [-0.4, -0.2) is 37.2 Å². The lowest BCUT2D eigenvalue weighted by Gasteiger charge is -2.08. The van der Waals surface area contributed by atoms with E-state index in [-0.39, 0.29) is 0 Å². The van der Waals surface area contributed by atoms with Gasteiger partial charge in [0.15, 0.2) is 11.9 Å². The molecule has 0 saturated heterocycles. The highest BCUT2D eigenvalue weighted by molar-refractivity contribution is 7.99. The van der Waals surface area contributed by atoms with Crippen LogP contribution < -0.4 is 4.58 Å². The maximum Gasteiger partial charge on any atom is 0.474 e. The molecule has 0 aliphatic carbocycles. The predicted octanol–water partition coefficient (Wildman–Crippen LogP) is 6.42. The molecule has 0 radical (unpaired) electrons. The van der Waals surface area contributed by atoms with Gasteiger partial charge in [0.1, 0.15) is 12.9 Å². The zero-order chi connectivity index (χ0) is 24.1. The molecule has 36 heavy (non-hydrogen) atoms. The summed E-state index contributed by atoms with van der Waals surface area (Å²) in [6.45, 7) is 0. The van der Waals surface area contributed by atoms with Crippen molar-refractivity contribution in [2.24, 2.45) is 0 Å². The summed E-state index contributed by atoms with van der Waals surface area (Å²) in [5, 5.41) is 2.44. The highest BCUT2D eigenvalue weighted by Crippen LogP contribution is 2.37. The molecule has 3 aromatic heterocycles. The van der Waals surface area contributed by atoms with Gasteiger partial charge in [0.05, 0.1) is 17.2 Å². The number of benzene rings is 3. The monoisotopic (exact) mass is 484 g/mol. The van der Waals surface area contributed by atoms with E-state index in [1.807, 2.05) is 34.5 Å². The van der Waals surface area contributed by atoms with Gasteiger partial charge in [-0.3, -0.25) is 4.57 Å². The van der Waals surface area contributed by atoms with Gasteiger partial charge in [0, 0.05) is 37.8 Å². The quantitative estimate of drug-likeness (QED) is 0.271. The van der Waals surface area contributed by atoms with Crippen LogP contribution in [0.4, 0.5) is 17.3 Å².